The van der Waals surface area contributed by atoms with E-state index in [-0.39, 0.29) is 5.41 Å². The zero-order valence-electron chi connectivity index (χ0n) is 11.2. The molecule has 1 aromatic heterocycles. The number of hydrogen-bond acceptors (Lipinski definition) is 5. The normalized spacial score (nSPS) is 24.6. The number of carboxylic acids is 1. The van der Waals surface area contributed by atoms with Gasteiger partial charge in [0.2, 0.25) is 5.13 Å². The van der Waals surface area contributed by atoms with Crippen molar-refractivity contribution in [3.63, 3.8) is 0 Å². The standard InChI is InChI=1S/C12H19N3O2S/c1-11(2,3)8-13-14-10(18-8)15-6-5-12(4,7-15)9(16)17/h5-7H2,1-4H3,(H,16,17). The fraction of sp³-hybridized carbons (Fsp3) is 0.750. The van der Waals surface area contributed by atoms with Gasteiger partial charge in [0.05, 0.1) is 5.41 Å². The molecule has 1 N–H and O–H groups in total. The lowest BCUT2D eigenvalue weighted by molar-refractivity contribution is -0.146. The predicted octanol–water partition coefficient (Wildman–Crippen LogP) is 2.14. The van der Waals surface area contributed by atoms with E-state index >= 15 is 0 Å². The summed E-state index contributed by atoms with van der Waals surface area (Å²) < 4.78 is 0. The molecule has 1 saturated heterocycles. The smallest absolute Gasteiger partial charge is 0.311 e. The van der Waals surface area contributed by atoms with Crippen LogP contribution in [0.15, 0.2) is 0 Å². The molecule has 6 heteroatoms. The lowest BCUT2D eigenvalue weighted by atomic mass is 9.90. The Hall–Kier alpha value is -1.17. The largest absolute Gasteiger partial charge is 0.481 e. The second-order valence-corrected chi connectivity index (χ2v) is 7.13. The Balaban J connectivity index is 2.15. The lowest BCUT2D eigenvalue weighted by Crippen LogP contribution is -2.31. The van der Waals surface area contributed by atoms with Gasteiger partial charge in [0.25, 0.3) is 0 Å². The van der Waals surface area contributed by atoms with Gasteiger partial charge in [-0.15, -0.1) is 10.2 Å². The van der Waals surface area contributed by atoms with Crippen molar-refractivity contribution in [1.29, 1.82) is 0 Å². The van der Waals surface area contributed by atoms with E-state index in [1.54, 1.807) is 18.3 Å². The molecular weight excluding hydrogens is 250 g/mol. The van der Waals surface area contributed by atoms with Gasteiger partial charge < -0.3 is 10.0 Å². The van der Waals surface area contributed by atoms with Crippen molar-refractivity contribution in [1.82, 2.24) is 10.2 Å². The number of hydrogen-bond donors (Lipinski definition) is 1. The topological polar surface area (TPSA) is 66.3 Å². The third-order valence-electron chi connectivity index (χ3n) is 3.32. The number of carboxylic acid groups (broad SMARTS) is 1. The summed E-state index contributed by atoms with van der Waals surface area (Å²) in [6.07, 6.45) is 0.659. The highest BCUT2D eigenvalue weighted by Gasteiger charge is 2.41. The van der Waals surface area contributed by atoms with Crippen LogP contribution >= 0.6 is 11.3 Å². The maximum absolute atomic E-state index is 11.2. The number of carbonyl (C=O) groups is 1. The minimum absolute atomic E-state index is 0.00819. The first-order valence-corrected chi connectivity index (χ1v) is 6.86. The van der Waals surface area contributed by atoms with Gasteiger partial charge >= 0.3 is 5.97 Å². The maximum atomic E-state index is 11.2. The first-order valence-electron chi connectivity index (χ1n) is 6.05. The van der Waals surface area contributed by atoms with E-state index in [4.69, 9.17) is 0 Å². The van der Waals surface area contributed by atoms with Crippen LogP contribution in [-0.2, 0) is 10.2 Å². The van der Waals surface area contributed by atoms with Gasteiger partial charge in [-0.2, -0.15) is 0 Å². The Morgan fingerprint density at radius 1 is 1.44 bits per heavy atom. The van der Waals surface area contributed by atoms with Gasteiger partial charge in [0.1, 0.15) is 5.01 Å². The average Bonchev–Trinajstić information content (AvgIpc) is 2.82. The highest BCUT2D eigenvalue weighted by Crippen LogP contribution is 2.36. The molecule has 100 valence electrons. The highest BCUT2D eigenvalue weighted by molar-refractivity contribution is 7.15. The molecule has 1 unspecified atom stereocenters. The van der Waals surface area contributed by atoms with Crippen molar-refractivity contribution in [3.8, 4) is 0 Å². The Bertz CT molecular complexity index is 466. The molecule has 1 aliphatic heterocycles. The van der Waals surface area contributed by atoms with Crippen LogP contribution in [0.4, 0.5) is 5.13 Å². The van der Waals surface area contributed by atoms with Crippen molar-refractivity contribution in [2.24, 2.45) is 5.41 Å². The molecule has 2 heterocycles. The van der Waals surface area contributed by atoms with E-state index in [0.29, 0.717) is 13.0 Å². The number of aromatic nitrogens is 2. The molecule has 0 aliphatic carbocycles. The first kappa shape index (κ1) is 13.3. The van der Waals surface area contributed by atoms with Crippen LogP contribution in [0.3, 0.4) is 0 Å². The van der Waals surface area contributed by atoms with Crippen molar-refractivity contribution < 1.29 is 9.90 Å². The molecule has 0 amide bonds. The van der Waals surface area contributed by atoms with E-state index in [0.717, 1.165) is 16.7 Å². The Kier molecular flexibility index (Phi) is 3.09. The van der Waals surface area contributed by atoms with Gasteiger partial charge in [0.15, 0.2) is 0 Å². The quantitative estimate of drug-likeness (QED) is 0.891. The third kappa shape index (κ3) is 2.34. The number of anilines is 1. The lowest BCUT2D eigenvalue weighted by Gasteiger charge is -2.19. The number of nitrogens with zero attached hydrogens (tertiary/aromatic N) is 3. The molecule has 18 heavy (non-hydrogen) atoms. The fourth-order valence-electron chi connectivity index (χ4n) is 1.95. The molecule has 0 aromatic carbocycles. The SMILES string of the molecule is CC1(C(=O)O)CCN(c2nnc(C(C)(C)C)s2)C1. The highest BCUT2D eigenvalue weighted by atomic mass is 32.1. The van der Waals surface area contributed by atoms with Crippen molar-refractivity contribution in [3.05, 3.63) is 5.01 Å². The summed E-state index contributed by atoms with van der Waals surface area (Å²) in [7, 11) is 0. The molecule has 0 saturated carbocycles. The Morgan fingerprint density at radius 2 is 2.11 bits per heavy atom. The van der Waals surface area contributed by atoms with Gasteiger partial charge in [-0.05, 0) is 13.3 Å². The minimum atomic E-state index is -0.731. The zero-order chi connectivity index (χ0) is 13.6. The molecule has 1 aliphatic rings. The average molecular weight is 269 g/mol. The van der Waals surface area contributed by atoms with E-state index in [9.17, 15) is 9.90 Å². The summed E-state index contributed by atoms with van der Waals surface area (Å²) in [5.74, 6) is -0.731. The molecule has 1 aromatic rings. The van der Waals surface area contributed by atoms with Crippen molar-refractivity contribution in [2.45, 2.75) is 39.5 Å². The second-order valence-electron chi connectivity index (χ2n) is 6.18. The van der Waals surface area contributed by atoms with E-state index in [2.05, 4.69) is 31.0 Å². The Morgan fingerprint density at radius 3 is 2.56 bits per heavy atom. The predicted molar refractivity (Wildman–Crippen MR) is 71.2 cm³/mol. The maximum Gasteiger partial charge on any atom is 0.311 e. The summed E-state index contributed by atoms with van der Waals surface area (Å²) in [6, 6.07) is 0. The molecule has 1 fully saturated rings. The Labute approximate surface area is 111 Å². The van der Waals surface area contributed by atoms with E-state index in [1.165, 1.54) is 0 Å². The molecule has 5 nitrogen and oxygen atoms in total. The number of rotatable bonds is 2. The van der Waals surface area contributed by atoms with Gasteiger partial charge in [-0.1, -0.05) is 32.1 Å². The molecule has 1 atom stereocenters. The molecule has 2 rings (SSSR count). The van der Waals surface area contributed by atoms with Crippen LogP contribution in [0.25, 0.3) is 0 Å². The first-order chi connectivity index (χ1) is 8.22. The van der Waals surface area contributed by atoms with Crippen LogP contribution in [0.5, 0.6) is 0 Å². The van der Waals surface area contributed by atoms with Crippen LogP contribution in [-0.4, -0.2) is 34.4 Å². The third-order valence-corrected chi connectivity index (χ3v) is 4.73. The molecule has 0 radical (unpaired) electrons. The summed E-state index contributed by atoms with van der Waals surface area (Å²) in [4.78, 5) is 13.2. The van der Waals surface area contributed by atoms with Crippen LogP contribution in [0.1, 0.15) is 39.1 Å². The fourth-order valence-corrected chi connectivity index (χ4v) is 2.87. The van der Waals surface area contributed by atoms with Crippen molar-refractivity contribution >= 4 is 22.4 Å². The van der Waals surface area contributed by atoms with Gasteiger partial charge in [-0.25, -0.2) is 0 Å². The second kappa shape index (κ2) is 4.19. The van der Waals surface area contributed by atoms with Gasteiger partial charge in [-0.3, -0.25) is 4.79 Å². The summed E-state index contributed by atoms with van der Waals surface area (Å²) in [5, 5.41) is 19.4. The number of aliphatic carboxylic acids is 1. The van der Waals surface area contributed by atoms with Gasteiger partial charge in [0, 0.05) is 18.5 Å². The molecule has 0 bridgehead atoms. The molecule has 0 spiro atoms. The minimum Gasteiger partial charge on any atom is -0.481 e. The summed E-state index contributed by atoms with van der Waals surface area (Å²) in [6.45, 7) is 9.34. The molecular formula is C12H19N3O2S. The zero-order valence-corrected chi connectivity index (χ0v) is 12.0. The summed E-state index contributed by atoms with van der Waals surface area (Å²) in [5.41, 5.74) is -0.667. The van der Waals surface area contributed by atoms with E-state index < -0.39 is 11.4 Å². The van der Waals surface area contributed by atoms with Crippen LogP contribution < -0.4 is 4.90 Å². The van der Waals surface area contributed by atoms with Crippen LogP contribution in [0, 0.1) is 5.41 Å². The van der Waals surface area contributed by atoms with Crippen molar-refractivity contribution in [2.75, 3.05) is 18.0 Å². The van der Waals surface area contributed by atoms with E-state index in [1.807, 2.05) is 4.90 Å². The van der Waals surface area contributed by atoms with Crippen LogP contribution in [0.2, 0.25) is 0 Å². The summed E-state index contributed by atoms with van der Waals surface area (Å²) >= 11 is 1.56. The monoisotopic (exact) mass is 269 g/mol.